The first kappa shape index (κ1) is 29.8. The summed E-state index contributed by atoms with van der Waals surface area (Å²) in [5.41, 5.74) is 0.173. The van der Waals surface area contributed by atoms with Gasteiger partial charge in [-0.15, -0.1) is 11.3 Å². The summed E-state index contributed by atoms with van der Waals surface area (Å²) in [6.45, 7) is 3.98. The Labute approximate surface area is 230 Å². The molecule has 3 aromatic rings. The molecular formula is C29H32F2N2O5S. The number of carbonyl (C=O) groups is 2. The van der Waals surface area contributed by atoms with Crippen LogP contribution in [0.5, 0.6) is 11.5 Å². The maximum Gasteiger partial charge on any atom is 0.331 e. The van der Waals surface area contributed by atoms with Crippen molar-refractivity contribution in [2.45, 2.75) is 52.4 Å². The van der Waals surface area contributed by atoms with Gasteiger partial charge in [0.25, 0.3) is 5.91 Å². The van der Waals surface area contributed by atoms with Crippen LogP contribution in [-0.4, -0.2) is 35.7 Å². The fourth-order valence-corrected chi connectivity index (χ4v) is 4.57. The van der Waals surface area contributed by atoms with Crippen LogP contribution in [0.1, 0.15) is 68.3 Å². The SMILES string of the molecule is CCCCCCCCOc1cccc(-c2csc(NC(=O)c3cc(F)c(/C=C(\C)C(=O)O)c(F)c3)n2)c1OC. The molecule has 0 saturated carbocycles. The molecule has 0 radical (unpaired) electrons. The topological polar surface area (TPSA) is 97.8 Å². The predicted octanol–water partition coefficient (Wildman–Crippen LogP) is 7.58. The van der Waals surface area contributed by atoms with E-state index in [2.05, 4.69) is 17.2 Å². The molecule has 10 heteroatoms. The third kappa shape index (κ3) is 8.10. The van der Waals surface area contributed by atoms with E-state index in [0.717, 1.165) is 42.4 Å². The van der Waals surface area contributed by atoms with Crippen LogP contribution < -0.4 is 14.8 Å². The molecule has 1 heterocycles. The van der Waals surface area contributed by atoms with Crippen molar-refractivity contribution in [1.82, 2.24) is 4.98 Å². The van der Waals surface area contributed by atoms with Gasteiger partial charge in [-0.2, -0.15) is 0 Å². The number of nitrogens with one attached hydrogen (secondary N) is 1. The monoisotopic (exact) mass is 558 g/mol. The minimum absolute atomic E-state index is 0.224. The normalized spacial score (nSPS) is 11.4. The van der Waals surface area contributed by atoms with Crippen LogP contribution in [0, 0.1) is 11.6 Å². The lowest BCUT2D eigenvalue weighted by molar-refractivity contribution is -0.132. The predicted molar refractivity (Wildman–Crippen MR) is 149 cm³/mol. The Hall–Kier alpha value is -3.79. The number of carbonyl (C=O) groups excluding carboxylic acids is 1. The van der Waals surface area contributed by atoms with Gasteiger partial charge >= 0.3 is 5.97 Å². The lowest BCUT2D eigenvalue weighted by atomic mass is 10.1. The number of para-hydroxylation sites is 1. The van der Waals surface area contributed by atoms with Crippen LogP contribution in [-0.2, 0) is 4.79 Å². The Morgan fingerprint density at radius 1 is 1.10 bits per heavy atom. The Kier molecular flexibility index (Phi) is 11.0. The number of ether oxygens (including phenoxy) is 2. The standard InChI is InChI=1S/C29H32F2N2O5S/c1-4-5-6-7-8-9-13-38-25-12-10-11-20(26(25)37-3)24-17-39-29(32-24)33-27(34)19-15-22(30)21(23(31)16-19)14-18(2)28(35)36/h10-12,14-17H,4-9,13H2,1-3H3,(H,35,36)(H,32,33,34)/b18-14+. The number of rotatable bonds is 14. The van der Waals surface area contributed by atoms with Gasteiger partial charge in [-0.05, 0) is 43.7 Å². The van der Waals surface area contributed by atoms with E-state index in [4.69, 9.17) is 14.6 Å². The Balaban J connectivity index is 1.70. The van der Waals surface area contributed by atoms with Gasteiger partial charge in [0.2, 0.25) is 0 Å². The van der Waals surface area contributed by atoms with Crippen molar-refractivity contribution < 1.29 is 33.0 Å². The molecule has 1 aromatic heterocycles. The number of amides is 1. The quantitative estimate of drug-likeness (QED) is 0.156. The van der Waals surface area contributed by atoms with Crippen LogP contribution in [0.2, 0.25) is 0 Å². The molecule has 0 unspecified atom stereocenters. The molecule has 0 fully saturated rings. The van der Waals surface area contributed by atoms with Crippen LogP contribution in [0.4, 0.5) is 13.9 Å². The van der Waals surface area contributed by atoms with E-state index in [1.165, 1.54) is 32.6 Å². The van der Waals surface area contributed by atoms with Crippen molar-refractivity contribution in [3.63, 3.8) is 0 Å². The minimum Gasteiger partial charge on any atom is -0.492 e. The van der Waals surface area contributed by atoms with Gasteiger partial charge in [0.1, 0.15) is 11.6 Å². The van der Waals surface area contributed by atoms with E-state index in [-0.39, 0.29) is 16.3 Å². The van der Waals surface area contributed by atoms with Gasteiger partial charge in [0, 0.05) is 27.6 Å². The van der Waals surface area contributed by atoms with Crippen molar-refractivity contribution in [3.05, 3.63) is 64.0 Å². The average molecular weight is 559 g/mol. The van der Waals surface area contributed by atoms with Gasteiger partial charge in [0.15, 0.2) is 16.6 Å². The summed E-state index contributed by atoms with van der Waals surface area (Å²) < 4.78 is 40.5. The van der Waals surface area contributed by atoms with Crippen LogP contribution in [0.3, 0.4) is 0 Å². The smallest absolute Gasteiger partial charge is 0.331 e. The fourth-order valence-electron chi connectivity index (χ4n) is 3.86. The molecule has 208 valence electrons. The number of hydrogen-bond acceptors (Lipinski definition) is 6. The van der Waals surface area contributed by atoms with Gasteiger partial charge in [0.05, 0.1) is 19.4 Å². The highest BCUT2D eigenvalue weighted by Crippen LogP contribution is 2.39. The molecule has 3 rings (SSSR count). The van der Waals surface area contributed by atoms with E-state index in [9.17, 15) is 18.4 Å². The van der Waals surface area contributed by atoms with E-state index in [1.807, 2.05) is 18.2 Å². The molecule has 0 aliphatic heterocycles. The van der Waals surface area contributed by atoms with Crippen molar-refractivity contribution in [1.29, 1.82) is 0 Å². The van der Waals surface area contributed by atoms with E-state index >= 15 is 0 Å². The molecule has 0 spiro atoms. The summed E-state index contributed by atoms with van der Waals surface area (Å²) in [7, 11) is 1.55. The summed E-state index contributed by atoms with van der Waals surface area (Å²) in [6, 6.07) is 7.18. The number of thiazole rings is 1. The largest absolute Gasteiger partial charge is 0.492 e. The maximum absolute atomic E-state index is 14.5. The zero-order valence-electron chi connectivity index (χ0n) is 22.2. The number of benzene rings is 2. The van der Waals surface area contributed by atoms with Gasteiger partial charge in [-0.25, -0.2) is 18.6 Å². The van der Waals surface area contributed by atoms with E-state index in [1.54, 1.807) is 12.5 Å². The molecule has 0 aliphatic rings. The first-order valence-electron chi connectivity index (χ1n) is 12.7. The third-order valence-corrected chi connectivity index (χ3v) is 6.74. The summed E-state index contributed by atoms with van der Waals surface area (Å²) in [4.78, 5) is 28.1. The van der Waals surface area contributed by atoms with Crippen LogP contribution in [0.15, 0.2) is 41.3 Å². The number of halogens is 2. The number of aromatic nitrogens is 1. The van der Waals surface area contributed by atoms with Gasteiger partial charge in [-0.1, -0.05) is 45.1 Å². The van der Waals surface area contributed by atoms with Crippen molar-refractivity contribution >= 4 is 34.4 Å². The Morgan fingerprint density at radius 3 is 2.46 bits per heavy atom. The van der Waals surface area contributed by atoms with Gasteiger partial charge < -0.3 is 14.6 Å². The Morgan fingerprint density at radius 2 is 1.79 bits per heavy atom. The number of aliphatic carboxylic acids is 1. The van der Waals surface area contributed by atoms with E-state index in [0.29, 0.717) is 29.4 Å². The summed E-state index contributed by atoms with van der Waals surface area (Å²) >= 11 is 1.14. The number of anilines is 1. The zero-order chi connectivity index (χ0) is 28.4. The number of carboxylic acids is 1. The molecule has 2 aromatic carbocycles. The number of nitrogens with zero attached hydrogens (tertiary/aromatic N) is 1. The molecule has 2 N–H and O–H groups in total. The highest BCUT2D eigenvalue weighted by Gasteiger charge is 2.18. The van der Waals surface area contributed by atoms with Crippen LogP contribution in [0.25, 0.3) is 17.3 Å². The van der Waals surface area contributed by atoms with Crippen LogP contribution >= 0.6 is 11.3 Å². The number of unbranched alkanes of at least 4 members (excludes halogenated alkanes) is 5. The first-order chi connectivity index (χ1) is 18.7. The summed E-state index contributed by atoms with van der Waals surface area (Å²) in [5.74, 6) is -3.05. The molecular weight excluding hydrogens is 526 g/mol. The molecule has 1 amide bonds. The fraction of sp³-hybridized carbons (Fsp3) is 0.345. The lowest BCUT2D eigenvalue weighted by Gasteiger charge is -2.13. The lowest BCUT2D eigenvalue weighted by Crippen LogP contribution is -2.13. The van der Waals surface area contributed by atoms with E-state index < -0.39 is 29.1 Å². The second-order valence-corrected chi connectivity index (χ2v) is 9.79. The summed E-state index contributed by atoms with van der Waals surface area (Å²) in [5, 5.41) is 13.5. The van der Waals surface area contributed by atoms with Crippen molar-refractivity contribution in [2.24, 2.45) is 0 Å². The molecule has 0 aliphatic carbocycles. The Bertz CT molecular complexity index is 1320. The zero-order valence-corrected chi connectivity index (χ0v) is 23.0. The third-order valence-electron chi connectivity index (χ3n) is 5.98. The van der Waals surface area contributed by atoms with Crippen molar-refractivity contribution in [2.75, 3.05) is 19.0 Å². The molecule has 0 bridgehead atoms. The number of hydrogen-bond donors (Lipinski definition) is 2. The average Bonchev–Trinajstić information content (AvgIpc) is 3.37. The molecule has 39 heavy (non-hydrogen) atoms. The number of methoxy groups -OCH3 is 1. The minimum atomic E-state index is -1.30. The second kappa shape index (κ2) is 14.4. The van der Waals surface area contributed by atoms with Gasteiger partial charge in [-0.3, -0.25) is 10.1 Å². The molecule has 0 atom stereocenters. The second-order valence-electron chi connectivity index (χ2n) is 8.93. The highest BCUT2D eigenvalue weighted by atomic mass is 32.1. The highest BCUT2D eigenvalue weighted by molar-refractivity contribution is 7.14. The summed E-state index contributed by atoms with van der Waals surface area (Å²) in [6.07, 6.45) is 7.80. The molecule has 7 nitrogen and oxygen atoms in total. The molecule has 0 saturated heterocycles. The number of carboxylic acid groups (broad SMARTS) is 1. The van der Waals surface area contributed by atoms with Crippen molar-refractivity contribution in [3.8, 4) is 22.8 Å². The maximum atomic E-state index is 14.5. The first-order valence-corrected chi connectivity index (χ1v) is 13.6.